The minimum Gasteiger partial charge on any atom is -0.369 e. The number of hydrogen-bond donors (Lipinski definition) is 0. The van der Waals surface area contributed by atoms with Gasteiger partial charge in [-0.1, -0.05) is 42.5 Å². The molecule has 2 aromatic carbocycles. The summed E-state index contributed by atoms with van der Waals surface area (Å²) in [6.45, 7) is 1.11. The van der Waals surface area contributed by atoms with Crippen molar-refractivity contribution in [2.45, 2.75) is 23.8 Å². The van der Waals surface area contributed by atoms with Gasteiger partial charge in [0.1, 0.15) is 10.9 Å². The van der Waals surface area contributed by atoms with E-state index in [-0.39, 0.29) is 18.3 Å². The number of imidazole rings is 1. The van der Waals surface area contributed by atoms with E-state index >= 15 is 0 Å². The molecule has 1 spiro atoms. The van der Waals surface area contributed by atoms with Crippen LogP contribution < -0.4 is 0 Å². The molecular formula is C22H23N3O4S. The summed E-state index contributed by atoms with van der Waals surface area (Å²) in [7, 11) is -3.36. The first-order chi connectivity index (χ1) is 14.4. The Bertz CT molecular complexity index is 1180. The Labute approximate surface area is 175 Å². The highest BCUT2D eigenvalue weighted by Gasteiger charge is 2.53. The highest BCUT2D eigenvalue weighted by Crippen LogP contribution is 2.33. The number of aromatic nitrogens is 2. The van der Waals surface area contributed by atoms with Crippen molar-refractivity contribution in [1.82, 2.24) is 14.5 Å². The highest BCUT2D eigenvalue weighted by molar-refractivity contribution is 7.92. The van der Waals surface area contributed by atoms with Gasteiger partial charge >= 0.3 is 0 Å². The van der Waals surface area contributed by atoms with Crippen molar-refractivity contribution in [2.75, 3.05) is 25.4 Å². The minimum atomic E-state index is -3.36. The SMILES string of the molecule is O=C(Cc1ccccc1)N1CC2(C1)CS(=O)(=O)[C@@H](Cn1cnc3ccccc31)CO2. The maximum Gasteiger partial charge on any atom is 0.227 e. The summed E-state index contributed by atoms with van der Waals surface area (Å²) in [6.07, 6.45) is 2.00. The average Bonchev–Trinajstić information content (AvgIpc) is 3.11. The maximum atomic E-state index is 13.0. The molecule has 30 heavy (non-hydrogen) atoms. The predicted molar refractivity (Wildman–Crippen MR) is 113 cm³/mol. The number of sulfone groups is 1. The second kappa shape index (κ2) is 7.21. The molecule has 2 fully saturated rings. The number of hydrogen-bond acceptors (Lipinski definition) is 5. The number of ether oxygens (including phenoxy) is 1. The van der Waals surface area contributed by atoms with E-state index < -0.39 is 20.7 Å². The third kappa shape index (κ3) is 3.50. The van der Waals surface area contributed by atoms with Gasteiger partial charge in [0, 0.05) is 6.54 Å². The lowest BCUT2D eigenvalue weighted by Crippen LogP contribution is -2.70. The molecule has 1 amide bonds. The number of fused-ring (bicyclic) bond motifs is 1. The zero-order chi connectivity index (χ0) is 20.8. The highest BCUT2D eigenvalue weighted by atomic mass is 32.2. The lowest BCUT2D eigenvalue weighted by molar-refractivity contribution is -0.164. The van der Waals surface area contributed by atoms with Crippen LogP contribution >= 0.6 is 0 Å². The van der Waals surface area contributed by atoms with Gasteiger partial charge in [-0.05, 0) is 17.7 Å². The summed E-state index contributed by atoms with van der Waals surface area (Å²) in [5.74, 6) is -0.0493. The Morgan fingerprint density at radius 1 is 1.10 bits per heavy atom. The second-order valence-corrected chi connectivity index (χ2v) is 10.5. The number of likely N-dealkylation sites (tertiary alicyclic amines) is 1. The van der Waals surface area contributed by atoms with Crippen LogP contribution in [0.4, 0.5) is 0 Å². The fraction of sp³-hybridized carbons (Fsp3) is 0.364. The van der Waals surface area contributed by atoms with Crippen LogP contribution in [0.3, 0.4) is 0 Å². The molecule has 1 atom stereocenters. The van der Waals surface area contributed by atoms with E-state index in [0.29, 0.717) is 26.1 Å². The molecule has 156 valence electrons. The molecule has 2 aliphatic heterocycles. The lowest BCUT2D eigenvalue weighted by atomic mass is 9.94. The topological polar surface area (TPSA) is 81.5 Å². The summed E-state index contributed by atoms with van der Waals surface area (Å²) >= 11 is 0. The van der Waals surface area contributed by atoms with Gasteiger partial charge in [-0.3, -0.25) is 4.79 Å². The number of carbonyl (C=O) groups excluding carboxylic acids is 1. The predicted octanol–water partition coefficient (Wildman–Crippen LogP) is 1.67. The van der Waals surface area contributed by atoms with Gasteiger partial charge in [-0.15, -0.1) is 0 Å². The fourth-order valence-electron chi connectivity index (χ4n) is 4.33. The van der Waals surface area contributed by atoms with Crippen LogP contribution in [-0.4, -0.2) is 65.1 Å². The zero-order valence-corrected chi connectivity index (χ0v) is 17.3. The maximum absolute atomic E-state index is 13.0. The molecule has 0 unspecified atom stereocenters. The molecule has 5 rings (SSSR count). The largest absolute Gasteiger partial charge is 0.369 e. The third-order valence-electron chi connectivity index (χ3n) is 5.98. The van der Waals surface area contributed by atoms with Crippen LogP contribution in [0.5, 0.6) is 0 Å². The number of carbonyl (C=O) groups is 1. The van der Waals surface area contributed by atoms with E-state index in [4.69, 9.17) is 4.74 Å². The van der Waals surface area contributed by atoms with Crippen molar-refractivity contribution in [3.8, 4) is 0 Å². The Morgan fingerprint density at radius 3 is 2.60 bits per heavy atom. The number of amides is 1. The Hall–Kier alpha value is -2.71. The Balaban J connectivity index is 1.23. The lowest BCUT2D eigenvalue weighted by Gasteiger charge is -2.52. The molecule has 2 aliphatic rings. The summed E-state index contributed by atoms with van der Waals surface area (Å²) in [5, 5.41) is -0.616. The van der Waals surface area contributed by atoms with Crippen LogP contribution in [0.25, 0.3) is 11.0 Å². The standard InChI is InChI=1S/C22H23N3O4S/c26-21(10-17-6-2-1-3-7-17)25-13-22(14-25)15-30(27,28)18(12-29-22)11-24-16-23-19-8-4-5-9-20(19)24/h1-9,16,18H,10-15H2/t18-/m0/s1. The first kappa shape index (κ1) is 19.3. The fourth-order valence-corrected chi connectivity index (χ4v) is 6.23. The molecule has 8 heteroatoms. The van der Waals surface area contributed by atoms with Crippen molar-refractivity contribution >= 4 is 26.8 Å². The van der Waals surface area contributed by atoms with Crippen molar-refractivity contribution in [3.63, 3.8) is 0 Å². The Morgan fingerprint density at radius 2 is 1.83 bits per heavy atom. The van der Waals surface area contributed by atoms with Gasteiger partial charge in [0.15, 0.2) is 9.84 Å². The molecule has 1 aromatic heterocycles. The minimum absolute atomic E-state index is 0.000156. The molecule has 0 N–H and O–H groups in total. The van der Waals surface area contributed by atoms with E-state index in [0.717, 1.165) is 16.6 Å². The monoisotopic (exact) mass is 425 g/mol. The van der Waals surface area contributed by atoms with Gasteiger partial charge in [0.05, 0.1) is 49.2 Å². The molecule has 7 nitrogen and oxygen atoms in total. The van der Waals surface area contributed by atoms with Crippen molar-refractivity contribution in [1.29, 1.82) is 0 Å². The Kier molecular flexibility index (Phi) is 4.63. The third-order valence-corrected chi connectivity index (χ3v) is 8.21. The van der Waals surface area contributed by atoms with Crippen molar-refractivity contribution in [2.24, 2.45) is 0 Å². The summed E-state index contributed by atoms with van der Waals surface area (Å²) in [6, 6.07) is 17.2. The molecule has 0 aliphatic carbocycles. The van der Waals surface area contributed by atoms with Gasteiger partial charge in [0.2, 0.25) is 5.91 Å². The van der Waals surface area contributed by atoms with Gasteiger partial charge in [0.25, 0.3) is 0 Å². The summed E-state index contributed by atoms with van der Waals surface area (Å²) in [4.78, 5) is 18.5. The number of para-hydroxylation sites is 2. The molecule has 3 heterocycles. The molecule has 0 radical (unpaired) electrons. The number of benzene rings is 2. The van der Waals surface area contributed by atoms with Crippen LogP contribution in [-0.2, 0) is 32.3 Å². The summed E-state index contributed by atoms with van der Waals surface area (Å²) < 4.78 is 33.9. The molecule has 3 aromatic rings. The number of rotatable bonds is 4. The molecular weight excluding hydrogens is 402 g/mol. The van der Waals surface area contributed by atoms with Gasteiger partial charge in [-0.25, -0.2) is 13.4 Å². The zero-order valence-electron chi connectivity index (χ0n) is 16.5. The van der Waals surface area contributed by atoms with Crippen LogP contribution in [0.15, 0.2) is 60.9 Å². The molecule has 0 bridgehead atoms. The van der Waals surface area contributed by atoms with Crippen molar-refractivity contribution in [3.05, 3.63) is 66.5 Å². The normalized spacial score (nSPS) is 22.1. The first-order valence-electron chi connectivity index (χ1n) is 10.0. The summed E-state index contributed by atoms with van der Waals surface area (Å²) in [5.41, 5.74) is 1.94. The quantitative estimate of drug-likeness (QED) is 0.635. The van der Waals surface area contributed by atoms with E-state index in [9.17, 15) is 13.2 Å². The van der Waals surface area contributed by atoms with Crippen LogP contribution in [0, 0.1) is 0 Å². The van der Waals surface area contributed by atoms with Gasteiger partial charge < -0.3 is 14.2 Å². The molecule has 2 saturated heterocycles. The van der Waals surface area contributed by atoms with Gasteiger partial charge in [-0.2, -0.15) is 0 Å². The van der Waals surface area contributed by atoms with E-state index in [1.54, 1.807) is 11.2 Å². The van der Waals surface area contributed by atoms with E-state index in [1.165, 1.54) is 0 Å². The average molecular weight is 426 g/mol. The van der Waals surface area contributed by atoms with E-state index in [1.807, 2.05) is 59.2 Å². The van der Waals surface area contributed by atoms with Crippen LogP contribution in [0.1, 0.15) is 5.56 Å². The van der Waals surface area contributed by atoms with Crippen molar-refractivity contribution < 1.29 is 17.9 Å². The van der Waals surface area contributed by atoms with Crippen LogP contribution in [0.2, 0.25) is 0 Å². The smallest absolute Gasteiger partial charge is 0.227 e. The number of nitrogens with zero attached hydrogens (tertiary/aromatic N) is 3. The first-order valence-corrected chi connectivity index (χ1v) is 11.7. The second-order valence-electron chi connectivity index (χ2n) is 8.22. The van der Waals surface area contributed by atoms with E-state index in [2.05, 4.69) is 4.98 Å². The molecule has 0 saturated carbocycles.